The predicted octanol–water partition coefficient (Wildman–Crippen LogP) is -0.972. The molecule has 0 aliphatic carbocycles. The van der Waals surface area contributed by atoms with Crippen molar-refractivity contribution in [2.24, 2.45) is 0 Å². The van der Waals surface area contributed by atoms with Crippen LogP contribution in [-0.2, 0) is 9.53 Å². The van der Waals surface area contributed by atoms with E-state index in [-0.39, 0.29) is 6.61 Å². The lowest BCUT2D eigenvalue weighted by Crippen LogP contribution is -2.29. The molecule has 0 unspecified atom stereocenters. The molecule has 1 heterocycles. The summed E-state index contributed by atoms with van der Waals surface area (Å²) in [7, 11) is 0. The van der Waals surface area contributed by atoms with Gasteiger partial charge in [0, 0.05) is 0 Å². The van der Waals surface area contributed by atoms with Gasteiger partial charge in [0.2, 0.25) is 0 Å². The summed E-state index contributed by atoms with van der Waals surface area (Å²) in [6, 6.07) is 0. The Morgan fingerprint density at radius 1 is 1.70 bits per heavy atom. The van der Waals surface area contributed by atoms with Gasteiger partial charge in [-0.1, -0.05) is 15.9 Å². The van der Waals surface area contributed by atoms with Gasteiger partial charge in [-0.2, -0.15) is 0 Å². The molecule has 58 valence electrons. The summed E-state index contributed by atoms with van der Waals surface area (Å²) in [5, 5.41) is 17.6. The highest BCUT2D eigenvalue weighted by Crippen LogP contribution is 2.21. The van der Waals surface area contributed by atoms with E-state index in [4.69, 9.17) is 10.2 Å². The van der Waals surface area contributed by atoms with E-state index in [1.54, 1.807) is 0 Å². The maximum Gasteiger partial charge on any atom is 0.323 e. The number of alkyl halides is 1. The normalized spacial score (nSPS) is 39.9. The lowest BCUT2D eigenvalue weighted by Gasteiger charge is -2.08. The van der Waals surface area contributed by atoms with E-state index in [9.17, 15) is 4.79 Å². The fraction of sp³-hybridized carbons (Fsp3) is 0.800. The first-order chi connectivity index (χ1) is 4.66. The molecule has 0 aromatic carbocycles. The van der Waals surface area contributed by atoms with Gasteiger partial charge in [-0.15, -0.1) is 0 Å². The molecule has 1 fully saturated rings. The number of halogens is 1. The van der Waals surface area contributed by atoms with Crippen LogP contribution in [0.5, 0.6) is 0 Å². The van der Waals surface area contributed by atoms with Crippen LogP contribution in [0, 0.1) is 0 Å². The Labute approximate surface area is 65.9 Å². The first-order valence-corrected chi connectivity index (χ1v) is 3.72. The number of rotatable bonds is 1. The molecule has 0 radical (unpaired) electrons. The third-order valence-corrected chi connectivity index (χ3v) is 2.27. The summed E-state index contributed by atoms with van der Waals surface area (Å²) in [5.74, 6) is -0.522. The molecule has 0 aromatic rings. The van der Waals surface area contributed by atoms with Gasteiger partial charge >= 0.3 is 5.97 Å². The molecule has 0 amide bonds. The second-order valence-corrected chi connectivity index (χ2v) is 3.04. The van der Waals surface area contributed by atoms with E-state index in [2.05, 4.69) is 20.7 Å². The zero-order chi connectivity index (χ0) is 7.72. The number of esters is 1. The number of cyclic esters (lactones) is 1. The second-order valence-electron chi connectivity index (χ2n) is 2.05. The van der Waals surface area contributed by atoms with Crippen LogP contribution in [0.15, 0.2) is 0 Å². The number of hydrogen-bond donors (Lipinski definition) is 2. The third kappa shape index (κ3) is 1.16. The monoisotopic (exact) mass is 210 g/mol. The number of ether oxygens (including phenoxy) is 1. The maximum atomic E-state index is 10.6. The average molecular weight is 211 g/mol. The van der Waals surface area contributed by atoms with E-state index in [0.29, 0.717) is 0 Å². The molecule has 0 bridgehead atoms. The predicted molar refractivity (Wildman–Crippen MR) is 35.7 cm³/mol. The highest BCUT2D eigenvalue weighted by atomic mass is 79.9. The lowest BCUT2D eigenvalue weighted by molar-refractivity contribution is -0.142. The second kappa shape index (κ2) is 2.86. The summed E-state index contributed by atoms with van der Waals surface area (Å²) in [6.45, 7) is -0.338. The Morgan fingerprint density at radius 2 is 2.30 bits per heavy atom. The summed E-state index contributed by atoms with van der Waals surface area (Å²) in [4.78, 5) is 9.92. The molecule has 0 saturated carbocycles. The van der Waals surface area contributed by atoms with Crippen molar-refractivity contribution < 1.29 is 19.7 Å². The first-order valence-electron chi connectivity index (χ1n) is 2.80. The molecule has 1 rings (SSSR count). The topological polar surface area (TPSA) is 66.8 Å². The van der Waals surface area contributed by atoms with Gasteiger partial charge in [-0.25, -0.2) is 0 Å². The Kier molecular flexibility index (Phi) is 2.28. The summed E-state index contributed by atoms with van der Waals surface area (Å²) < 4.78 is 4.55. The number of aliphatic hydroxyl groups excluding tert-OH is 2. The smallest absolute Gasteiger partial charge is 0.323 e. The summed E-state index contributed by atoms with van der Waals surface area (Å²) in [6.07, 6.45) is -1.70. The molecule has 3 atom stereocenters. The van der Waals surface area contributed by atoms with Crippen molar-refractivity contribution in [1.82, 2.24) is 0 Å². The molecule has 1 aliphatic rings. The van der Waals surface area contributed by atoms with Crippen LogP contribution in [0.1, 0.15) is 0 Å². The third-order valence-electron chi connectivity index (χ3n) is 1.35. The van der Waals surface area contributed by atoms with Crippen LogP contribution in [0.25, 0.3) is 0 Å². The maximum absolute atomic E-state index is 10.6. The molecule has 0 aromatic heterocycles. The highest BCUT2D eigenvalue weighted by Gasteiger charge is 2.41. The van der Waals surface area contributed by atoms with E-state index >= 15 is 0 Å². The molecule has 5 heteroatoms. The molecular formula is C5H7BrO4. The molecule has 10 heavy (non-hydrogen) atoms. The lowest BCUT2D eigenvalue weighted by atomic mass is 10.2. The van der Waals surface area contributed by atoms with E-state index in [1.807, 2.05) is 0 Å². The number of hydrogen-bond acceptors (Lipinski definition) is 4. The number of carbonyl (C=O) groups excluding carboxylic acids is 1. The minimum Gasteiger partial charge on any atom is -0.456 e. The van der Waals surface area contributed by atoms with Crippen LogP contribution in [-0.4, -0.2) is 39.8 Å². The Morgan fingerprint density at radius 3 is 2.50 bits per heavy atom. The zero-order valence-electron chi connectivity index (χ0n) is 5.03. The van der Waals surface area contributed by atoms with Crippen molar-refractivity contribution in [3.63, 3.8) is 0 Å². The van der Waals surface area contributed by atoms with Crippen LogP contribution in [0.3, 0.4) is 0 Å². The molecule has 1 aliphatic heterocycles. The average Bonchev–Trinajstić information content (AvgIpc) is 2.17. The molecule has 2 N–H and O–H groups in total. The first kappa shape index (κ1) is 7.97. The van der Waals surface area contributed by atoms with E-state index < -0.39 is 23.0 Å². The molecule has 4 nitrogen and oxygen atoms in total. The summed E-state index contributed by atoms with van der Waals surface area (Å²) >= 11 is 2.91. The number of carbonyl (C=O) groups is 1. The van der Waals surface area contributed by atoms with Crippen molar-refractivity contribution in [2.45, 2.75) is 17.0 Å². The van der Waals surface area contributed by atoms with Crippen LogP contribution in [0.2, 0.25) is 0 Å². The van der Waals surface area contributed by atoms with Gasteiger partial charge in [-0.3, -0.25) is 4.79 Å². The van der Waals surface area contributed by atoms with Gasteiger partial charge in [0.05, 0.1) is 6.61 Å². The van der Waals surface area contributed by atoms with Gasteiger partial charge in [0.1, 0.15) is 10.9 Å². The zero-order valence-corrected chi connectivity index (χ0v) is 6.61. The van der Waals surface area contributed by atoms with Crippen LogP contribution in [0.4, 0.5) is 0 Å². The minimum atomic E-state index is -0.933. The Balaban J connectivity index is 2.61. The van der Waals surface area contributed by atoms with E-state index in [0.717, 1.165) is 0 Å². The van der Waals surface area contributed by atoms with Crippen molar-refractivity contribution in [1.29, 1.82) is 0 Å². The number of aliphatic hydroxyl groups is 2. The van der Waals surface area contributed by atoms with Crippen molar-refractivity contribution in [3.8, 4) is 0 Å². The molecule has 0 spiro atoms. The summed E-state index contributed by atoms with van der Waals surface area (Å²) in [5.41, 5.74) is 0. The van der Waals surface area contributed by atoms with Gasteiger partial charge in [0.15, 0.2) is 6.10 Å². The molecule has 1 saturated heterocycles. The molecular weight excluding hydrogens is 204 g/mol. The van der Waals surface area contributed by atoms with Crippen LogP contribution >= 0.6 is 15.9 Å². The van der Waals surface area contributed by atoms with Crippen molar-refractivity contribution in [2.75, 3.05) is 6.61 Å². The van der Waals surface area contributed by atoms with E-state index in [1.165, 1.54) is 0 Å². The van der Waals surface area contributed by atoms with Crippen molar-refractivity contribution >= 4 is 21.9 Å². The van der Waals surface area contributed by atoms with Crippen LogP contribution < -0.4 is 0 Å². The van der Waals surface area contributed by atoms with Gasteiger partial charge < -0.3 is 14.9 Å². The highest BCUT2D eigenvalue weighted by molar-refractivity contribution is 9.10. The SMILES string of the molecule is O=C1O[C@H](CO)[C@@H](O)[C@@H]1Br. The van der Waals surface area contributed by atoms with Gasteiger partial charge in [-0.05, 0) is 0 Å². The van der Waals surface area contributed by atoms with Crippen molar-refractivity contribution in [3.05, 3.63) is 0 Å². The Hall–Kier alpha value is -0.130. The largest absolute Gasteiger partial charge is 0.456 e. The fourth-order valence-electron chi connectivity index (χ4n) is 0.757. The quantitative estimate of drug-likeness (QED) is 0.432. The minimum absolute atomic E-state index is 0.338. The van der Waals surface area contributed by atoms with Gasteiger partial charge in [0.25, 0.3) is 0 Å². The fourth-order valence-corrected chi connectivity index (χ4v) is 1.21. The Bertz CT molecular complexity index is 149. The standard InChI is InChI=1S/C5H7BrO4/c6-3-4(8)2(1-7)10-5(3)9/h2-4,7-8H,1H2/t2-,3+,4-/m1/s1.